The second kappa shape index (κ2) is 5.73. The molecule has 0 atom stereocenters. The lowest BCUT2D eigenvalue weighted by atomic mass is 10.0. The molecule has 0 bridgehead atoms. The second-order valence-corrected chi connectivity index (χ2v) is 3.96. The maximum absolute atomic E-state index is 12.6. The van der Waals surface area contributed by atoms with Crippen molar-refractivity contribution in [2.24, 2.45) is 0 Å². The molecule has 0 saturated carbocycles. The number of carbonyl (C=O) groups excluding carboxylic acids is 1. The monoisotopic (exact) mass is 303 g/mol. The normalized spacial score (nSPS) is 10.1. The first-order chi connectivity index (χ1) is 8.01. The SMILES string of the molecule is COC(=O)Cc1ccc(C(F)F)c(Br)c1C#N. The van der Waals surface area contributed by atoms with Crippen molar-refractivity contribution in [2.75, 3.05) is 7.11 Å². The van der Waals surface area contributed by atoms with Gasteiger partial charge in [-0.25, -0.2) is 8.78 Å². The molecular weight excluding hydrogens is 296 g/mol. The van der Waals surface area contributed by atoms with Gasteiger partial charge in [0.25, 0.3) is 6.43 Å². The fourth-order valence-corrected chi connectivity index (χ4v) is 1.95. The first-order valence-corrected chi connectivity index (χ1v) is 5.36. The van der Waals surface area contributed by atoms with E-state index in [9.17, 15) is 13.6 Å². The average molecular weight is 304 g/mol. The summed E-state index contributed by atoms with van der Waals surface area (Å²) in [4.78, 5) is 11.1. The van der Waals surface area contributed by atoms with Crippen LogP contribution in [0.5, 0.6) is 0 Å². The molecular formula is C11H8BrF2NO2. The summed E-state index contributed by atoms with van der Waals surface area (Å²) in [6, 6.07) is 4.32. The van der Waals surface area contributed by atoms with Crippen LogP contribution in [0.2, 0.25) is 0 Å². The van der Waals surface area contributed by atoms with Crippen molar-refractivity contribution < 1.29 is 18.3 Å². The Morgan fingerprint density at radius 3 is 2.71 bits per heavy atom. The van der Waals surface area contributed by atoms with Gasteiger partial charge < -0.3 is 4.74 Å². The van der Waals surface area contributed by atoms with E-state index < -0.39 is 12.4 Å². The lowest BCUT2D eigenvalue weighted by Crippen LogP contribution is -2.07. The molecule has 0 saturated heterocycles. The minimum absolute atomic E-state index is 0.0244. The van der Waals surface area contributed by atoms with Gasteiger partial charge in [-0.2, -0.15) is 5.26 Å². The number of carbonyl (C=O) groups is 1. The molecule has 0 radical (unpaired) electrons. The lowest BCUT2D eigenvalue weighted by molar-refractivity contribution is -0.139. The Bertz CT molecular complexity index is 483. The molecule has 3 nitrogen and oxygen atoms in total. The van der Waals surface area contributed by atoms with Crippen molar-refractivity contribution in [2.45, 2.75) is 12.8 Å². The van der Waals surface area contributed by atoms with Gasteiger partial charge >= 0.3 is 5.97 Å². The summed E-state index contributed by atoms with van der Waals surface area (Å²) in [6.45, 7) is 0. The Kier molecular flexibility index (Phi) is 4.58. The summed E-state index contributed by atoms with van der Waals surface area (Å²) >= 11 is 2.95. The van der Waals surface area contributed by atoms with Crippen molar-refractivity contribution in [3.05, 3.63) is 33.3 Å². The summed E-state index contributed by atoms with van der Waals surface area (Å²) < 4.78 is 29.6. The number of methoxy groups -OCH3 is 1. The third kappa shape index (κ3) is 3.01. The van der Waals surface area contributed by atoms with Crippen molar-refractivity contribution in [1.82, 2.24) is 0 Å². The number of halogens is 3. The third-order valence-electron chi connectivity index (χ3n) is 2.17. The maximum atomic E-state index is 12.6. The quantitative estimate of drug-likeness (QED) is 0.807. The van der Waals surface area contributed by atoms with Crippen LogP contribution in [-0.2, 0) is 16.0 Å². The van der Waals surface area contributed by atoms with Crippen LogP contribution in [0, 0.1) is 11.3 Å². The number of nitrogens with zero attached hydrogens (tertiary/aromatic N) is 1. The molecule has 0 N–H and O–H groups in total. The molecule has 1 aromatic rings. The van der Waals surface area contributed by atoms with E-state index in [0.29, 0.717) is 5.56 Å². The smallest absolute Gasteiger partial charge is 0.310 e. The molecule has 0 amide bonds. The van der Waals surface area contributed by atoms with Gasteiger partial charge in [0.2, 0.25) is 0 Å². The predicted molar refractivity (Wildman–Crippen MR) is 59.5 cm³/mol. The Hall–Kier alpha value is -1.48. The molecule has 1 aromatic carbocycles. The Morgan fingerprint density at radius 2 is 2.24 bits per heavy atom. The number of ether oxygens (including phenoxy) is 1. The van der Waals surface area contributed by atoms with Crippen LogP contribution in [0.1, 0.15) is 23.1 Å². The predicted octanol–water partition coefficient (Wildman–Crippen LogP) is 2.97. The fraction of sp³-hybridized carbons (Fsp3) is 0.273. The van der Waals surface area contributed by atoms with Crippen molar-refractivity contribution in [3.8, 4) is 6.07 Å². The van der Waals surface area contributed by atoms with E-state index in [-0.39, 0.29) is 22.0 Å². The molecule has 0 unspecified atom stereocenters. The van der Waals surface area contributed by atoms with E-state index in [2.05, 4.69) is 20.7 Å². The van der Waals surface area contributed by atoms with Crippen LogP contribution in [-0.4, -0.2) is 13.1 Å². The first-order valence-electron chi connectivity index (χ1n) is 4.57. The molecule has 0 aliphatic carbocycles. The van der Waals surface area contributed by atoms with Gasteiger partial charge in [-0.3, -0.25) is 4.79 Å². The number of hydrogen-bond acceptors (Lipinski definition) is 3. The zero-order chi connectivity index (χ0) is 13.0. The standard InChI is InChI=1S/C11H8BrF2NO2/c1-17-9(16)4-6-2-3-7(11(13)14)10(12)8(6)5-15/h2-3,11H,4H2,1H3. The van der Waals surface area contributed by atoms with Crippen LogP contribution < -0.4 is 0 Å². The Labute approximate surface area is 105 Å². The summed E-state index contributed by atoms with van der Waals surface area (Å²) in [5.74, 6) is -0.529. The highest BCUT2D eigenvalue weighted by Crippen LogP contribution is 2.32. The van der Waals surface area contributed by atoms with Crippen molar-refractivity contribution in [1.29, 1.82) is 5.26 Å². The molecule has 0 aromatic heterocycles. The van der Waals surface area contributed by atoms with Gasteiger partial charge in [0.1, 0.15) is 6.07 Å². The number of rotatable bonds is 3. The minimum Gasteiger partial charge on any atom is -0.469 e. The van der Waals surface area contributed by atoms with Gasteiger partial charge in [0.15, 0.2) is 0 Å². The zero-order valence-electron chi connectivity index (χ0n) is 8.84. The van der Waals surface area contributed by atoms with Gasteiger partial charge in [-0.15, -0.1) is 0 Å². The molecule has 0 heterocycles. The summed E-state index contributed by atoms with van der Waals surface area (Å²) in [5.41, 5.74) is 0.124. The van der Waals surface area contributed by atoms with Crippen LogP contribution in [0.4, 0.5) is 8.78 Å². The fourth-order valence-electron chi connectivity index (χ4n) is 1.30. The molecule has 17 heavy (non-hydrogen) atoms. The van der Waals surface area contributed by atoms with E-state index in [0.717, 1.165) is 0 Å². The van der Waals surface area contributed by atoms with E-state index in [1.54, 1.807) is 6.07 Å². The molecule has 6 heteroatoms. The summed E-state index contributed by atoms with van der Waals surface area (Å²) in [5, 5.41) is 8.91. The van der Waals surface area contributed by atoms with E-state index >= 15 is 0 Å². The minimum atomic E-state index is -2.68. The van der Waals surface area contributed by atoms with Crippen LogP contribution >= 0.6 is 15.9 Å². The van der Waals surface area contributed by atoms with Crippen LogP contribution in [0.15, 0.2) is 16.6 Å². The van der Waals surface area contributed by atoms with Gasteiger partial charge in [-0.05, 0) is 21.5 Å². The zero-order valence-corrected chi connectivity index (χ0v) is 10.4. The molecule has 0 aliphatic rings. The Balaban J connectivity index is 3.22. The highest BCUT2D eigenvalue weighted by Gasteiger charge is 2.18. The second-order valence-electron chi connectivity index (χ2n) is 3.17. The largest absolute Gasteiger partial charge is 0.469 e. The highest BCUT2D eigenvalue weighted by atomic mass is 79.9. The number of hydrogen-bond donors (Lipinski definition) is 0. The number of nitriles is 1. The van der Waals surface area contributed by atoms with Gasteiger partial charge in [-0.1, -0.05) is 12.1 Å². The van der Waals surface area contributed by atoms with E-state index in [1.807, 2.05) is 0 Å². The van der Waals surface area contributed by atoms with E-state index in [4.69, 9.17) is 5.26 Å². The first kappa shape index (κ1) is 13.6. The average Bonchev–Trinajstić information content (AvgIpc) is 2.28. The van der Waals surface area contributed by atoms with Gasteiger partial charge in [0.05, 0.1) is 19.1 Å². The summed E-state index contributed by atoms with van der Waals surface area (Å²) in [6.07, 6.45) is -2.80. The molecule has 1 rings (SSSR count). The summed E-state index contributed by atoms with van der Waals surface area (Å²) in [7, 11) is 1.22. The lowest BCUT2D eigenvalue weighted by Gasteiger charge is -2.09. The highest BCUT2D eigenvalue weighted by molar-refractivity contribution is 9.10. The van der Waals surface area contributed by atoms with Crippen molar-refractivity contribution >= 4 is 21.9 Å². The third-order valence-corrected chi connectivity index (χ3v) is 3.02. The molecule has 0 spiro atoms. The number of esters is 1. The van der Waals surface area contributed by atoms with Crippen LogP contribution in [0.25, 0.3) is 0 Å². The molecule has 90 valence electrons. The molecule has 0 fully saturated rings. The topological polar surface area (TPSA) is 50.1 Å². The number of alkyl halides is 2. The number of benzene rings is 1. The Morgan fingerprint density at radius 1 is 1.59 bits per heavy atom. The van der Waals surface area contributed by atoms with Gasteiger partial charge in [0, 0.05) is 10.0 Å². The van der Waals surface area contributed by atoms with Crippen molar-refractivity contribution in [3.63, 3.8) is 0 Å². The van der Waals surface area contributed by atoms with Crippen LogP contribution in [0.3, 0.4) is 0 Å². The maximum Gasteiger partial charge on any atom is 0.310 e. The van der Waals surface area contributed by atoms with E-state index in [1.165, 1.54) is 19.2 Å². The molecule has 0 aliphatic heterocycles.